The Morgan fingerprint density at radius 2 is 1.44 bits per heavy atom. The highest BCUT2D eigenvalue weighted by Crippen LogP contribution is 2.22. The number of nitrogens with zero attached hydrogens (tertiary/aromatic N) is 1. The lowest BCUT2D eigenvalue weighted by molar-refractivity contribution is 0.0954. The second-order valence-corrected chi connectivity index (χ2v) is 9.07. The number of hydrazone groups is 1. The second kappa shape index (κ2) is 9.98. The summed E-state index contributed by atoms with van der Waals surface area (Å²) < 4.78 is 0. The maximum atomic E-state index is 12.5. The van der Waals surface area contributed by atoms with Crippen LogP contribution in [0.4, 0.5) is 5.69 Å². The molecule has 0 atom stereocenters. The Hall–Kier alpha value is -3.15. The van der Waals surface area contributed by atoms with Gasteiger partial charge in [-0.2, -0.15) is 5.10 Å². The van der Waals surface area contributed by atoms with Gasteiger partial charge in [0, 0.05) is 27.4 Å². The van der Waals surface area contributed by atoms with Gasteiger partial charge in [0.05, 0.1) is 11.2 Å². The van der Waals surface area contributed by atoms with Crippen molar-refractivity contribution in [2.24, 2.45) is 5.10 Å². The Morgan fingerprint density at radius 3 is 2.03 bits per heavy atom. The van der Waals surface area contributed by atoms with E-state index < -0.39 is 0 Å². The maximum absolute atomic E-state index is 12.5. The summed E-state index contributed by atoms with van der Waals surface area (Å²) in [5, 5.41) is 7.71. The van der Waals surface area contributed by atoms with Crippen molar-refractivity contribution < 1.29 is 9.59 Å². The van der Waals surface area contributed by atoms with Crippen molar-refractivity contribution in [3.05, 3.63) is 99.0 Å². The highest BCUT2D eigenvalue weighted by Gasteiger charge is 2.14. The fourth-order valence-corrected chi connectivity index (χ4v) is 3.32. The predicted molar refractivity (Wildman–Crippen MR) is 131 cm³/mol. The fourth-order valence-electron chi connectivity index (χ4n) is 2.86. The first-order chi connectivity index (χ1) is 15.1. The molecule has 2 N–H and O–H groups in total. The number of benzene rings is 3. The molecule has 7 heteroatoms. The van der Waals surface area contributed by atoms with Gasteiger partial charge in [0.2, 0.25) is 0 Å². The summed E-state index contributed by atoms with van der Waals surface area (Å²) in [6.45, 7) is 6.37. The topological polar surface area (TPSA) is 70.6 Å². The molecule has 0 aliphatic rings. The second-order valence-electron chi connectivity index (χ2n) is 8.22. The molecular weight excluding hydrogens is 445 g/mol. The molecule has 0 aliphatic heterocycles. The maximum Gasteiger partial charge on any atom is 0.271 e. The highest BCUT2D eigenvalue weighted by atomic mass is 35.5. The number of halogens is 2. The average molecular weight is 468 g/mol. The standard InChI is InChI=1S/C25H23Cl2N3O2/c1-25(2,3)19-9-4-16(5-10-19)23(31)29-21-12-7-17(8-13-21)24(32)30-28-15-18-6-11-20(26)14-22(18)27/h4-15H,1-3H3,(H,29,31)(H,30,32)/b28-15+. The van der Waals surface area contributed by atoms with Crippen LogP contribution in [0.5, 0.6) is 0 Å². The molecule has 32 heavy (non-hydrogen) atoms. The molecule has 0 spiro atoms. The van der Waals surface area contributed by atoms with Gasteiger partial charge in [-0.25, -0.2) is 5.43 Å². The summed E-state index contributed by atoms with van der Waals surface area (Å²) >= 11 is 11.9. The zero-order chi connectivity index (χ0) is 23.3. The van der Waals surface area contributed by atoms with Crippen LogP contribution < -0.4 is 10.7 Å². The van der Waals surface area contributed by atoms with Crippen LogP contribution in [0.25, 0.3) is 0 Å². The lowest BCUT2D eigenvalue weighted by Crippen LogP contribution is -2.18. The molecule has 0 radical (unpaired) electrons. The Morgan fingerprint density at radius 1 is 0.844 bits per heavy atom. The summed E-state index contributed by atoms with van der Waals surface area (Å²) in [6.07, 6.45) is 1.44. The van der Waals surface area contributed by atoms with Crippen LogP contribution >= 0.6 is 23.2 Å². The third-order valence-corrected chi connectivity index (χ3v) is 5.31. The van der Waals surface area contributed by atoms with Gasteiger partial charge in [-0.1, -0.05) is 62.2 Å². The van der Waals surface area contributed by atoms with Gasteiger partial charge >= 0.3 is 0 Å². The molecule has 0 saturated heterocycles. The number of hydrogen-bond donors (Lipinski definition) is 2. The van der Waals surface area contributed by atoms with E-state index in [0.29, 0.717) is 32.4 Å². The number of rotatable bonds is 5. The summed E-state index contributed by atoms with van der Waals surface area (Å²) in [5.74, 6) is -0.603. The van der Waals surface area contributed by atoms with E-state index in [1.54, 1.807) is 42.5 Å². The van der Waals surface area contributed by atoms with Crippen LogP contribution in [0, 0.1) is 0 Å². The predicted octanol–water partition coefficient (Wildman–Crippen LogP) is 6.31. The zero-order valence-electron chi connectivity index (χ0n) is 17.9. The molecule has 2 amide bonds. The van der Waals surface area contributed by atoms with Crippen LogP contribution in [0.3, 0.4) is 0 Å². The molecule has 0 aromatic heterocycles. The van der Waals surface area contributed by atoms with Crippen molar-refractivity contribution in [1.82, 2.24) is 5.43 Å². The van der Waals surface area contributed by atoms with E-state index in [4.69, 9.17) is 23.2 Å². The van der Waals surface area contributed by atoms with Crippen molar-refractivity contribution in [1.29, 1.82) is 0 Å². The third kappa shape index (κ3) is 6.19. The lowest BCUT2D eigenvalue weighted by atomic mass is 9.87. The van der Waals surface area contributed by atoms with Gasteiger partial charge in [-0.05, 0) is 59.5 Å². The van der Waals surface area contributed by atoms with Crippen molar-refractivity contribution in [3.63, 3.8) is 0 Å². The van der Waals surface area contributed by atoms with Crippen LogP contribution in [0.1, 0.15) is 52.6 Å². The molecule has 5 nitrogen and oxygen atoms in total. The molecule has 164 valence electrons. The first-order valence-corrected chi connectivity index (χ1v) is 10.7. The minimum atomic E-state index is -0.387. The van der Waals surface area contributed by atoms with E-state index in [0.717, 1.165) is 5.56 Å². The summed E-state index contributed by atoms with van der Waals surface area (Å²) in [7, 11) is 0. The van der Waals surface area contributed by atoms with Crippen LogP contribution in [-0.2, 0) is 5.41 Å². The Bertz CT molecular complexity index is 1150. The molecule has 0 aliphatic carbocycles. The molecule has 0 fully saturated rings. The monoisotopic (exact) mass is 467 g/mol. The first kappa shape index (κ1) is 23.5. The van der Waals surface area contributed by atoms with Crippen molar-refractivity contribution >= 4 is 46.9 Å². The average Bonchev–Trinajstić information content (AvgIpc) is 2.75. The minimum Gasteiger partial charge on any atom is -0.322 e. The van der Waals surface area contributed by atoms with E-state index in [2.05, 4.69) is 36.6 Å². The molecule has 0 bridgehead atoms. The van der Waals surface area contributed by atoms with Crippen molar-refractivity contribution in [2.45, 2.75) is 26.2 Å². The van der Waals surface area contributed by atoms with Crippen molar-refractivity contribution in [2.75, 3.05) is 5.32 Å². The van der Waals surface area contributed by atoms with Crippen LogP contribution in [0.2, 0.25) is 10.0 Å². The zero-order valence-corrected chi connectivity index (χ0v) is 19.5. The number of hydrogen-bond acceptors (Lipinski definition) is 3. The van der Waals surface area contributed by atoms with E-state index >= 15 is 0 Å². The quantitative estimate of drug-likeness (QED) is 0.341. The van der Waals surface area contributed by atoms with E-state index in [1.165, 1.54) is 6.21 Å². The molecule has 3 aromatic rings. The molecule has 0 saturated carbocycles. The number of carbonyl (C=O) groups excluding carboxylic acids is 2. The van der Waals surface area contributed by atoms with E-state index in [1.807, 2.05) is 24.3 Å². The largest absolute Gasteiger partial charge is 0.322 e. The van der Waals surface area contributed by atoms with E-state index in [9.17, 15) is 9.59 Å². The molecule has 0 heterocycles. The molecule has 3 rings (SSSR count). The normalized spacial score (nSPS) is 11.4. The first-order valence-electron chi connectivity index (χ1n) is 9.94. The van der Waals surface area contributed by atoms with Gasteiger partial charge in [-0.3, -0.25) is 9.59 Å². The summed E-state index contributed by atoms with van der Waals surface area (Å²) in [6, 6.07) is 19.1. The van der Waals surface area contributed by atoms with Gasteiger partial charge in [0.1, 0.15) is 0 Å². The fraction of sp³-hybridized carbons (Fsp3) is 0.160. The smallest absolute Gasteiger partial charge is 0.271 e. The summed E-state index contributed by atoms with van der Waals surface area (Å²) in [5.41, 5.74) is 5.81. The lowest BCUT2D eigenvalue weighted by Gasteiger charge is -2.19. The Labute approximate surface area is 197 Å². The Kier molecular flexibility index (Phi) is 7.33. The summed E-state index contributed by atoms with van der Waals surface area (Å²) in [4.78, 5) is 24.8. The van der Waals surface area contributed by atoms with Crippen molar-refractivity contribution in [3.8, 4) is 0 Å². The van der Waals surface area contributed by atoms with Gasteiger partial charge in [-0.15, -0.1) is 0 Å². The van der Waals surface area contributed by atoms with E-state index in [-0.39, 0.29) is 17.2 Å². The molecule has 0 unspecified atom stereocenters. The number of anilines is 1. The van der Waals surface area contributed by atoms with Gasteiger partial charge in [0.25, 0.3) is 11.8 Å². The number of nitrogens with one attached hydrogen (secondary N) is 2. The van der Waals surface area contributed by atoms with Crippen LogP contribution in [-0.4, -0.2) is 18.0 Å². The minimum absolute atomic E-state index is 0.0243. The van der Waals surface area contributed by atoms with Gasteiger partial charge < -0.3 is 5.32 Å². The SMILES string of the molecule is CC(C)(C)c1ccc(C(=O)Nc2ccc(C(=O)N/N=C/c3ccc(Cl)cc3Cl)cc2)cc1. The molecule has 3 aromatic carbocycles. The van der Waals surface area contributed by atoms with Gasteiger partial charge in [0.15, 0.2) is 0 Å². The third-order valence-electron chi connectivity index (χ3n) is 4.75. The number of amides is 2. The Balaban J connectivity index is 1.58. The number of carbonyl (C=O) groups is 2. The highest BCUT2D eigenvalue weighted by molar-refractivity contribution is 6.36. The molecular formula is C25H23Cl2N3O2. The van der Waals surface area contributed by atoms with Crippen LogP contribution in [0.15, 0.2) is 71.8 Å².